The first-order valence-corrected chi connectivity index (χ1v) is 9.30. The molecular formula is C23H23N3O3. The predicted molar refractivity (Wildman–Crippen MR) is 112 cm³/mol. The molecule has 1 aromatic heterocycles. The van der Waals surface area contributed by atoms with Crippen molar-refractivity contribution in [2.24, 2.45) is 0 Å². The van der Waals surface area contributed by atoms with Gasteiger partial charge >= 0.3 is 0 Å². The molecule has 2 aromatic carbocycles. The van der Waals surface area contributed by atoms with Gasteiger partial charge in [0, 0.05) is 24.6 Å². The fourth-order valence-electron chi connectivity index (χ4n) is 2.85. The molecule has 2 amide bonds. The van der Waals surface area contributed by atoms with Gasteiger partial charge < -0.3 is 15.4 Å². The Hall–Kier alpha value is -3.67. The molecule has 148 valence electrons. The highest BCUT2D eigenvalue weighted by Gasteiger charge is 2.12. The number of benzene rings is 2. The molecule has 0 saturated carbocycles. The number of nitrogens with one attached hydrogen (secondary N) is 2. The number of aromatic nitrogens is 1. The van der Waals surface area contributed by atoms with Crippen molar-refractivity contribution < 1.29 is 14.3 Å². The molecule has 0 unspecified atom stereocenters. The van der Waals surface area contributed by atoms with Crippen LogP contribution in [-0.2, 0) is 6.42 Å². The summed E-state index contributed by atoms with van der Waals surface area (Å²) in [5.41, 5.74) is 3.47. The molecule has 29 heavy (non-hydrogen) atoms. The zero-order valence-corrected chi connectivity index (χ0v) is 16.4. The van der Waals surface area contributed by atoms with Crippen molar-refractivity contribution in [3.8, 4) is 5.75 Å². The van der Waals surface area contributed by atoms with E-state index in [0.29, 0.717) is 29.8 Å². The highest BCUT2D eigenvalue weighted by molar-refractivity contribution is 6.05. The molecule has 0 spiro atoms. The monoisotopic (exact) mass is 389 g/mol. The van der Waals surface area contributed by atoms with E-state index in [1.807, 2.05) is 55.5 Å². The number of carbonyl (C=O) groups is 2. The van der Waals surface area contributed by atoms with Crippen LogP contribution in [0.2, 0.25) is 0 Å². The minimum atomic E-state index is -0.315. The van der Waals surface area contributed by atoms with Gasteiger partial charge in [-0.25, -0.2) is 0 Å². The quantitative estimate of drug-likeness (QED) is 0.647. The number of ether oxygens (including phenoxy) is 1. The Morgan fingerprint density at radius 1 is 0.966 bits per heavy atom. The lowest BCUT2D eigenvalue weighted by molar-refractivity contribution is 0.0953. The Kier molecular flexibility index (Phi) is 6.58. The number of carbonyl (C=O) groups excluding carboxylic acids is 2. The molecule has 0 atom stereocenters. The van der Waals surface area contributed by atoms with Gasteiger partial charge in [0.1, 0.15) is 5.75 Å². The maximum atomic E-state index is 12.4. The number of nitrogens with zero attached hydrogens (tertiary/aromatic N) is 1. The number of amides is 2. The van der Waals surface area contributed by atoms with Crippen LogP contribution in [0.15, 0.2) is 67.0 Å². The number of aryl methyl sites for hydroxylation is 1. The molecule has 0 aliphatic rings. The van der Waals surface area contributed by atoms with Crippen molar-refractivity contribution in [3.63, 3.8) is 0 Å². The molecule has 3 aromatic rings. The average Bonchev–Trinajstić information content (AvgIpc) is 2.75. The lowest BCUT2D eigenvalue weighted by Gasteiger charge is -2.10. The highest BCUT2D eigenvalue weighted by Crippen LogP contribution is 2.17. The first-order valence-electron chi connectivity index (χ1n) is 9.30. The van der Waals surface area contributed by atoms with E-state index in [-0.39, 0.29) is 11.8 Å². The van der Waals surface area contributed by atoms with Crippen molar-refractivity contribution >= 4 is 17.5 Å². The van der Waals surface area contributed by atoms with Crippen molar-refractivity contribution in [2.45, 2.75) is 13.3 Å². The van der Waals surface area contributed by atoms with Gasteiger partial charge in [0.25, 0.3) is 11.8 Å². The third-order valence-corrected chi connectivity index (χ3v) is 4.44. The number of anilines is 1. The summed E-state index contributed by atoms with van der Waals surface area (Å²) in [4.78, 5) is 28.9. The van der Waals surface area contributed by atoms with Crippen LogP contribution in [-0.4, -0.2) is 30.5 Å². The number of methoxy groups -OCH3 is 1. The molecule has 0 fully saturated rings. The van der Waals surface area contributed by atoms with Crippen molar-refractivity contribution in [3.05, 3.63) is 89.2 Å². The molecule has 0 aliphatic heterocycles. The number of pyridine rings is 1. The fourth-order valence-corrected chi connectivity index (χ4v) is 2.85. The fraction of sp³-hybridized carbons (Fsp3) is 0.174. The second-order valence-corrected chi connectivity index (χ2v) is 6.60. The van der Waals surface area contributed by atoms with Crippen LogP contribution in [0.5, 0.6) is 5.75 Å². The van der Waals surface area contributed by atoms with E-state index in [4.69, 9.17) is 4.74 Å². The average molecular weight is 389 g/mol. The summed E-state index contributed by atoms with van der Waals surface area (Å²) in [6.45, 7) is 2.42. The maximum absolute atomic E-state index is 12.4. The Balaban J connectivity index is 1.60. The van der Waals surface area contributed by atoms with Crippen LogP contribution in [0, 0.1) is 6.92 Å². The Labute approximate surface area is 169 Å². The minimum absolute atomic E-state index is 0.280. The number of para-hydroxylation sites is 1. The number of hydrogen-bond acceptors (Lipinski definition) is 4. The summed E-state index contributed by atoms with van der Waals surface area (Å²) in [5, 5.41) is 5.66. The van der Waals surface area contributed by atoms with E-state index in [1.54, 1.807) is 7.11 Å². The van der Waals surface area contributed by atoms with Gasteiger partial charge in [0.2, 0.25) is 0 Å². The van der Waals surface area contributed by atoms with Crippen molar-refractivity contribution in [2.75, 3.05) is 19.0 Å². The molecule has 0 aliphatic carbocycles. The molecule has 2 N–H and O–H groups in total. The van der Waals surface area contributed by atoms with E-state index >= 15 is 0 Å². The Bertz CT molecular complexity index is 1000. The van der Waals surface area contributed by atoms with Crippen LogP contribution in [0.4, 0.5) is 5.69 Å². The number of hydrogen-bond donors (Lipinski definition) is 2. The van der Waals surface area contributed by atoms with Crippen LogP contribution < -0.4 is 15.4 Å². The largest absolute Gasteiger partial charge is 0.496 e. The summed E-state index contributed by atoms with van der Waals surface area (Å²) < 4.78 is 5.32. The first-order chi connectivity index (χ1) is 14.1. The Morgan fingerprint density at radius 3 is 2.38 bits per heavy atom. The molecule has 1 heterocycles. The second-order valence-electron chi connectivity index (χ2n) is 6.60. The second kappa shape index (κ2) is 9.50. The van der Waals surface area contributed by atoms with Gasteiger partial charge in [0.15, 0.2) is 0 Å². The van der Waals surface area contributed by atoms with Gasteiger partial charge in [-0.3, -0.25) is 14.6 Å². The smallest absolute Gasteiger partial charge is 0.257 e. The number of rotatable bonds is 7. The van der Waals surface area contributed by atoms with Crippen LogP contribution >= 0.6 is 0 Å². The molecular weight excluding hydrogens is 366 g/mol. The van der Waals surface area contributed by atoms with Gasteiger partial charge in [0.05, 0.1) is 18.2 Å². The molecule has 0 bridgehead atoms. The molecule has 3 rings (SSSR count). The predicted octanol–water partition coefficient (Wildman–Crippen LogP) is 3.62. The van der Waals surface area contributed by atoms with E-state index < -0.39 is 0 Å². The third-order valence-electron chi connectivity index (χ3n) is 4.44. The summed E-state index contributed by atoms with van der Waals surface area (Å²) >= 11 is 0. The lowest BCUT2D eigenvalue weighted by Crippen LogP contribution is -2.26. The van der Waals surface area contributed by atoms with Crippen molar-refractivity contribution in [1.82, 2.24) is 10.3 Å². The first kappa shape index (κ1) is 20.1. The SMILES string of the molecule is COc1ccccc1CCNC(=O)c1cncc(C(=O)Nc2ccc(C)cc2)c1. The summed E-state index contributed by atoms with van der Waals surface area (Å²) in [6.07, 6.45) is 3.52. The van der Waals surface area contributed by atoms with Crippen LogP contribution in [0.25, 0.3) is 0 Å². The summed E-state index contributed by atoms with van der Waals surface area (Å²) in [5.74, 6) is 0.195. The third kappa shape index (κ3) is 5.42. The topological polar surface area (TPSA) is 80.3 Å². The van der Waals surface area contributed by atoms with E-state index in [9.17, 15) is 9.59 Å². The van der Waals surface area contributed by atoms with E-state index in [1.165, 1.54) is 18.5 Å². The van der Waals surface area contributed by atoms with Gasteiger partial charge in [-0.15, -0.1) is 0 Å². The van der Waals surface area contributed by atoms with E-state index in [2.05, 4.69) is 15.6 Å². The standard InChI is InChI=1S/C23H23N3O3/c1-16-7-9-20(10-8-16)26-23(28)19-13-18(14-24-15-19)22(27)25-12-11-17-5-3-4-6-21(17)29-2/h3-10,13-15H,11-12H2,1-2H3,(H,25,27)(H,26,28). The van der Waals surface area contributed by atoms with Crippen molar-refractivity contribution in [1.29, 1.82) is 0 Å². The highest BCUT2D eigenvalue weighted by atomic mass is 16.5. The molecule has 6 heteroatoms. The molecule has 0 radical (unpaired) electrons. The van der Waals surface area contributed by atoms with E-state index in [0.717, 1.165) is 16.9 Å². The van der Waals surface area contributed by atoms with Gasteiger partial charge in [-0.2, -0.15) is 0 Å². The zero-order chi connectivity index (χ0) is 20.6. The summed E-state index contributed by atoms with van der Waals surface area (Å²) in [7, 11) is 1.62. The Morgan fingerprint density at radius 2 is 1.66 bits per heavy atom. The zero-order valence-electron chi connectivity index (χ0n) is 16.4. The van der Waals surface area contributed by atoms with Gasteiger partial charge in [-0.1, -0.05) is 35.9 Å². The lowest BCUT2D eigenvalue weighted by atomic mass is 10.1. The minimum Gasteiger partial charge on any atom is -0.496 e. The van der Waals surface area contributed by atoms with Gasteiger partial charge in [-0.05, 0) is 43.2 Å². The summed E-state index contributed by atoms with van der Waals surface area (Å²) in [6, 6.07) is 16.7. The molecule has 0 saturated heterocycles. The maximum Gasteiger partial charge on any atom is 0.257 e. The van der Waals surface area contributed by atoms with Crippen LogP contribution in [0.1, 0.15) is 31.8 Å². The van der Waals surface area contributed by atoms with Crippen LogP contribution in [0.3, 0.4) is 0 Å². The molecule has 6 nitrogen and oxygen atoms in total. The normalized spacial score (nSPS) is 10.3.